The van der Waals surface area contributed by atoms with Crippen LogP contribution in [0.15, 0.2) is 71.6 Å². The van der Waals surface area contributed by atoms with Crippen LogP contribution in [0.4, 0.5) is 5.69 Å². The van der Waals surface area contributed by atoms with E-state index < -0.39 is 28.5 Å². The molecule has 226 valence electrons. The number of anilines is 1. The van der Waals surface area contributed by atoms with Crippen molar-refractivity contribution in [1.82, 2.24) is 10.2 Å². The lowest BCUT2D eigenvalue weighted by Gasteiger charge is -2.33. The number of halogens is 2. The minimum absolute atomic E-state index is 0.00283. The van der Waals surface area contributed by atoms with Gasteiger partial charge in [0.2, 0.25) is 11.8 Å². The molecule has 0 aliphatic heterocycles. The summed E-state index contributed by atoms with van der Waals surface area (Å²) in [6, 6.07) is 17.0. The molecule has 0 saturated carbocycles. The molecule has 2 amide bonds. The Balaban J connectivity index is 2.06. The van der Waals surface area contributed by atoms with E-state index in [2.05, 4.69) is 5.32 Å². The summed E-state index contributed by atoms with van der Waals surface area (Å²) in [5, 5.41) is 3.34. The molecule has 0 saturated heterocycles. The molecule has 3 rings (SSSR count). The van der Waals surface area contributed by atoms with Gasteiger partial charge in [0.25, 0.3) is 10.0 Å². The van der Waals surface area contributed by atoms with Crippen LogP contribution in [0.5, 0.6) is 5.75 Å². The van der Waals surface area contributed by atoms with Gasteiger partial charge in [-0.25, -0.2) is 8.42 Å². The average molecular weight is 635 g/mol. The Morgan fingerprint density at radius 1 is 0.952 bits per heavy atom. The Morgan fingerprint density at radius 3 is 2.12 bits per heavy atom. The normalized spacial score (nSPS) is 12.0. The van der Waals surface area contributed by atoms with Gasteiger partial charge in [-0.2, -0.15) is 0 Å². The van der Waals surface area contributed by atoms with E-state index in [9.17, 15) is 18.0 Å². The van der Waals surface area contributed by atoms with E-state index >= 15 is 0 Å². The number of unbranched alkanes of at least 4 members (excludes halogenated alkanes) is 1. The standard InChI is InChI=1S/C31H37Cl2N3O5S/c1-5-7-16-34-31(38)29(6-2)35(20-23-10-12-27(41-4)13-11-23)30(37)21-36(26-18-24(32)17-25(33)19-26)42(39,40)28-14-8-22(3)9-15-28/h8-15,17-19,29H,5-7,16,20-21H2,1-4H3,(H,34,38)/t29-/m1/s1. The largest absolute Gasteiger partial charge is 0.497 e. The number of benzene rings is 3. The van der Waals surface area contributed by atoms with Gasteiger partial charge in [0, 0.05) is 23.1 Å². The van der Waals surface area contributed by atoms with Crippen LogP contribution in [0.2, 0.25) is 10.0 Å². The number of amides is 2. The first-order chi connectivity index (χ1) is 20.0. The zero-order valence-electron chi connectivity index (χ0n) is 24.3. The first-order valence-electron chi connectivity index (χ1n) is 13.8. The Morgan fingerprint density at radius 2 is 1.57 bits per heavy atom. The maximum absolute atomic E-state index is 14.1. The van der Waals surface area contributed by atoms with Gasteiger partial charge in [0.05, 0.1) is 17.7 Å². The molecule has 3 aromatic carbocycles. The van der Waals surface area contributed by atoms with Crippen LogP contribution >= 0.6 is 23.2 Å². The zero-order chi connectivity index (χ0) is 30.9. The van der Waals surface area contributed by atoms with Gasteiger partial charge in [0.15, 0.2) is 0 Å². The Labute approximate surface area is 258 Å². The van der Waals surface area contributed by atoms with Crippen molar-refractivity contribution in [2.45, 2.75) is 57.5 Å². The molecule has 11 heteroatoms. The minimum Gasteiger partial charge on any atom is -0.497 e. The Bertz CT molecular complexity index is 1440. The number of methoxy groups -OCH3 is 1. The highest BCUT2D eigenvalue weighted by Crippen LogP contribution is 2.30. The van der Waals surface area contributed by atoms with E-state index in [-0.39, 0.29) is 33.1 Å². The van der Waals surface area contributed by atoms with Gasteiger partial charge >= 0.3 is 0 Å². The lowest BCUT2D eigenvalue weighted by molar-refractivity contribution is -0.140. The number of rotatable bonds is 14. The van der Waals surface area contributed by atoms with E-state index in [1.54, 1.807) is 43.5 Å². The number of hydrogen-bond acceptors (Lipinski definition) is 5. The van der Waals surface area contributed by atoms with Crippen LogP contribution in [-0.2, 0) is 26.2 Å². The molecule has 0 bridgehead atoms. The third-order valence-corrected chi connectivity index (χ3v) is 8.98. The molecule has 0 spiro atoms. The lowest BCUT2D eigenvalue weighted by atomic mass is 10.1. The fourth-order valence-corrected chi connectivity index (χ4v) is 6.32. The van der Waals surface area contributed by atoms with Gasteiger partial charge in [-0.05, 0) is 67.8 Å². The van der Waals surface area contributed by atoms with Crippen molar-refractivity contribution < 1.29 is 22.7 Å². The monoisotopic (exact) mass is 633 g/mol. The number of carbonyl (C=O) groups excluding carboxylic acids is 2. The summed E-state index contributed by atoms with van der Waals surface area (Å²) in [4.78, 5) is 28.9. The highest BCUT2D eigenvalue weighted by molar-refractivity contribution is 7.92. The molecule has 0 unspecified atom stereocenters. The molecular formula is C31H37Cl2N3O5S. The number of nitrogens with zero attached hydrogens (tertiary/aromatic N) is 2. The lowest BCUT2D eigenvalue weighted by Crippen LogP contribution is -2.52. The number of carbonyl (C=O) groups is 2. The van der Waals surface area contributed by atoms with Crippen molar-refractivity contribution in [2.24, 2.45) is 0 Å². The summed E-state index contributed by atoms with van der Waals surface area (Å²) in [6.45, 7) is 5.66. The fourth-order valence-electron chi connectivity index (χ4n) is 4.40. The van der Waals surface area contributed by atoms with Crippen LogP contribution < -0.4 is 14.4 Å². The molecule has 42 heavy (non-hydrogen) atoms. The molecule has 0 radical (unpaired) electrons. The van der Waals surface area contributed by atoms with Crippen molar-refractivity contribution in [3.8, 4) is 5.75 Å². The highest BCUT2D eigenvalue weighted by atomic mass is 35.5. The van der Waals surface area contributed by atoms with E-state index in [1.807, 2.05) is 20.8 Å². The van der Waals surface area contributed by atoms with Gasteiger partial charge < -0.3 is 15.0 Å². The first-order valence-corrected chi connectivity index (χ1v) is 15.9. The average Bonchev–Trinajstić information content (AvgIpc) is 2.95. The van der Waals surface area contributed by atoms with Gasteiger partial charge in [-0.3, -0.25) is 13.9 Å². The molecule has 0 aliphatic carbocycles. The zero-order valence-corrected chi connectivity index (χ0v) is 26.6. The van der Waals surface area contributed by atoms with Crippen molar-refractivity contribution in [2.75, 3.05) is 24.5 Å². The van der Waals surface area contributed by atoms with E-state index in [0.717, 1.165) is 28.3 Å². The number of ether oxygens (including phenoxy) is 1. The first kappa shape index (κ1) is 33.2. The number of sulfonamides is 1. The second-order valence-corrected chi connectivity index (χ2v) is 12.6. The molecule has 3 aromatic rings. The van der Waals surface area contributed by atoms with E-state index in [4.69, 9.17) is 27.9 Å². The molecule has 8 nitrogen and oxygen atoms in total. The molecule has 0 aliphatic rings. The molecular weight excluding hydrogens is 597 g/mol. The summed E-state index contributed by atoms with van der Waals surface area (Å²) in [6.07, 6.45) is 2.03. The summed E-state index contributed by atoms with van der Waals surface area (Å²) in [5.41, 5.74) is 1.77. The Hall–Kier alpha value is -3.27. The molecule has 1 atom stereocenters. The second-order valence-electron chi connectivity index (χ2n) is 9.89. The predicted octanol–water partition coefficient (Wildman–Crippen LogP) is 6.23. The third kappa shape index (κ3) is 8.63. The third-order valence-electron chi connectivity index (χ3n) is 6.75. The molecule has 0 aromatic heterocycles. The Kier molecular flexibility index (Phi) is 12.1. The van der Waals surface area contributed by atoms with Crippen molar-refractivity contribution in [3.05, 3.63) is 87.9 Å². The quantitative estimate of drug-likeness (QED) is 0.212. The van der Waals surface area contributed by atoms with Gasteiger partial charge in [-0.1, -0.05) is 73.3 Å². The SMILES string of the molecule is CCCCNC(=O)[C@@H](CC)N(Cc1ccc(OC)cc1)C(=O)CN(c1cc(Cl)cc(Cl)c1)S(=O)(=O)c1ccc(C)cc1. The molecule has 0 heterocycles. The van der Waals surface area contributed by atoms with Crippen molar-refractivity contribution in [1.29, 1.82) is 0 Å². The number of aryl methyl sites for hydroxylation is 1. The summed E-state index contributed by atoms with van der Waals surface area (Å²) in [7, 11) is -2.67. The number of nitrogens with one attached hydrogen (secondary N) is 1. The topological polar surface area (TPSA) is 96.0 Å². The van der Waals surface area contributed by atoms with Crippen molar-refractivity contribution in [3.63, 3.8) is 0 Å². The van der Waals surface area contributed by atoms with Gasteiger partial charge in [0.1, 0.15) is 18.3 Å². The number of hydrogen-bond donors (Lipinski definition) is 1. The second kappa shape index (κ2) is 15.3. The highest BCUT2D eigenvalue weighted by Gasteiger charge is 2.34. The maximum Gasteiger partial charge on any atom is 0.264 e. The van der Waals surface area contributed by atoms with E-state index in [1.165, 1.54) is 35.2 Å². The summed E-state index contributed by atoms with van der Waals surface area (Å²) < 4.78 is 34.2. The smallest absolute Gasteiger partial charge is 0.264 e. The van der Waals surface area contributed by atoms with E-state index in [0.29, 0.717) is 18.7 Å². The predicted molar refractivity (Wildman–Crippen MR) is 168 cm³/mol. The summed E-state index contributed by atoms with van der Waals surface area (Å²) >= 11 is 12.5. The van der Waals surface area contributed by atoms with Crippen LogP contribution in [0.25, 0.3) is 0 Å². The van der Waals surface area contributed by atoms with Crippen molar-refractivity contribution >= 4 is 50.7 Å². The molecule has 0 fully saturated rings. The van der Waals surface area contributed by atoms with Crippen LogP contribution in [-0.4, -0.2) is 51.4 Å². The maximum atomic E-state index is 14.1. The fraction of sp³-hybridized carbons (Fsp3) is 0.355. The van der Waals surface area contributed by atoms with Crippen LogP contribution in [0.1, 0.15) is 44.2 Å². The molecule has 1 N–H and O–H groups in total. The summed E-state index contributed by atoms with van der Waals surface area (Å²) in [5.74, 6) is -0.212. The van der Waals surface area contributed by atoms with Crippen LogP contribution in [0, 0.1) is 6.92 Å². The minimum atomic E-state index is -4.23. The van der Waals surface area contributed by atoms with Gasteiger partial charge in [-0.15, -0.1) is 0 Å². The van der Waals surface area contributed by atoms with Crippen LogP contribution in [0.3, 0.4) is 0 Å².